The lowest BCUT2D eigenvalue weighted by Crippen LogP contribution is -2.13. The van der Waals surface area contributed by atoms with Crippen LogP contribution in [0.3, 0.4) is 0 Å². The van der Waals surface area contributed by atoms with Gasteiger partial charge in [-0.2, -0.15) is 0 Å². The Balaban J connectivity index is 2.35. The summed E-state index contributed by atoms with van der Waals surface area (Å²) in [6, 6.07) is 8.55. The van der Waals surface area contributed by atoms with Gasteiger partial charge < -0.3 is 26.4 Å². The average Bonchev–Trinajstić information content (AvgIpc) is 2.55. The molecule has 23 heavy (non-hydrogen) atoms. The van der Waals surface area contributed by atoms with Gasteiger partial charge in [-0.15, -0.1) is 0 Å². The van der Waals surface area contributed by atoms with Gasteiger partial charge in [0.15, 0.2) is 0 Å². The van der Waals surface area contributed by atoms with Gasteiger partial charge in [-0.1, -0.05) is 12.1 Å². The van der Waals surface area contributed by atoms with E-state index in [2.05, 4.69) is 0 Å². The standard InChI is InChI=1S/C16H16N2O5/c17-7-9-1-3-13(19)11(5-9)16(22)23-14-4-2-10(8-18)6-12(14)15(20)21/h1-6,19H,7-8,17-18H2,(H,20,21). The molecule has 0 atom stereocenters. The van der Waals surface area contributed by atoms with E-state index >= 15 is 0 Å². The van der Waals surface area contributed by atoms with Crippen LogP contribution in [-0.4, -0.2) is 22.2 Å². The monoisotopic (exact) mass is 316 g/mol. The Hall–Kier alpha value is -2.90. The molecule has 0 aliphatic heterocycles. The molecule has 120 valence electrons. The quantitative estimate of drug-likeness (QED) is 0.481. The lowest BCUT2D eigenvalue weighted by molar-refractivity contribution is 0.0681. The van der Waals surface area contributed by atoms with Gasteiger partial charge in [0.2, 0.25) is 0 Å². The third-order valence-corrected chi connectivity index (χ3v) is 3.23. The smallest absolute Gasteiger partial charge is 0.347 e. The Kier molecular flexibility index (Phi) is 4.95. The maximum Gasteiger partial charge on any atom is 0.347 e. The van der Waals surface area contributed by atoms with Crippen molar-refractivity contribution >= 4 is 11.9 Å². The van der Waals surface area contributed by atoms with Gasteiger partial charge in [0.1, 0.15) is 22.6 Å². The zero-order valence-electron chi connectivity index (χ0n) is 12.2. The number of nitrogens with two attached hydrogens (primary N) is 2. The number of benzene rings is 2. The van der Waals surface area contributed by atoms with Crippen LogP contribution in [0.25, 0.3) is 0 Å². The first-order chi connectivity index (χ1) is 11.0. The SMILES string of the molecule is NCc1ccc(O)c(C(=O)Oc2ccc(CN)cc2C(=O)O)c1. The van der Waals surface area contributed by atoms with E-state index in [0.29, 0.717) is 11.1 Å². The van der Waals surface area contributed by atoms with E-state index < -0.39 is 11.9 Å². The first-order valence-corrected chi connectivity index (χ1v) is 6.76. The van der Waals surface area contributed by atoms with Gasteiger partial charge >= 0.3 is 11.9 Å². The Morgan fingerprint density at radius 1 is 0.957 bits per heavy atom. The fourth-order valence-electron chi connectivity index (χ4n) is 1.99. The van der Waals surface area contributed by atoms with Gasteiger partial charge in [0, 0.05) is 13.1 Å². The number of aromatic hydroxyl groups is 1. The van der Waals surface area contributed by atoms with Crippen molar-refractivity contribution in [1.29, 1.82) is 0 Å². The van der Waals surface area contributed by atoms with Gasteiger partial charge in [-0.3, -0.25) is 0 Å². The first-order valence-electron chi connectivity index (χ1n) is 6.76. The molecule has 0 aliphatic carbocycles. The minimum atomic E-state index is -1.25. The van der Waals surface area contributed by atoms with Crippen LogP contribution < -0.4 is 16.2 Å². The van der Waals surface area contributed by atoms with Crippen LogP contribution >= 0.6 is 0 Å². The summed E-state index contributed by atoms with van der Waals surface area (Å²) in [5.41, 5.74) is 11.9. The number of carboxylic acid groups (broad SMARTS) is 1. The van der Waals surface area contributed by atoms with Crippen molar-refractivity contribution < 1.29 is 24.5 Å². The molecular weight excluding hydrogens is 300 g/mol. The summed E-state index contributed by atoms with van der Waals surface area (Å²) in [4.78, 5) is 23.5. The van der Waals surface area contributed by atoms with Crippen molar-refractivity contribution in [2.24, 2.45) is 11.5 Å². The van der Waals surface area contributed by atoms with Gasteiger partial charge in [-0.25, -0.2) is 9.59 Å². The zero-order valence-corrected chi connectivity index (χ0v) is 12.2. The van der Waals surface area contributed by atoms with Gasteiger partial charge in [0.05, 0.1) is 0 Å². The highest BCUT2D eigenvalue weighted by molar-refractivity contribution is 5.97. The van der Waals surface area contributed by atoms with E-state index in [9.17, 15) is 19.8 Å². The van der Waals surface area contributed by atoms with Crippen molar-refractivity contribution in [3.63, 3.8) is 0 Å². The summed E-state index contributed by atoms with van der Waals surface area (Å²) < 4.78 is 5.11. The predicted octanol–water partition coefficient (Wildman–Crippen LogP) is 1.23. The van der Waals surface area contributed by atoms with Crippen molar-refractivity contribution in [2.45, 2.75) is 13.1 Å². The Morgan fingerprint density at radius 3 is 2.09 bits per heavy atom. The average molecular weight is 316 g/mol. The maximum absolute atomic E-state index is 12.2. The number of esters is 1. The van der Waals surface area contributed by atoms with E-state index in [1.54, 1.807) is 12.1 Å². The highest BCUT2D eigenvalue weighted by Gasteiger charge is 2.19. The number of hydrogen-bond donors (Lipinski definition) is 4. The largest absolute Gasteiger partial charge is 0.507 e. The van der Waals surface area contributed by atoms with Crippen LogP contribution in [-0.2, 0) is 13.1 Å². The van der Waals surface area contributed by atoms with Gasteiger partial charge in [0.25, 0.3) is 0 Å². The number of phenolic OH excluding ortho intramolecular Hbond substituents is 1. The highest BCUT2D eigenvalue weighted by Crippen LogP contribution is 2.24. The van der Waals surface area contributed by atoms with Crippen molar-refractivity contribution in [2.75, 3.05) is 0 Å². The molecule has 7 nitrogen and oxygen atoms in total. The molecule has 0 aromatic heterocycles. The molecule has 2 rings (SSSR count). The number of phenols is 1. The number of carboxylic acids is 1. The fraction of sp³-hybridized carbons (Fsp3) is 0.125. The van der Waals surface area contributed by atoms with Crippen molar-refractivity contribution in [3.8, 4) is 11.5 Å². The number of hydrogen-bond acceptors (Lipinski definition) is 6. The molecular formula is C16H16N2O5. The molecule has 0 fully saturated rings. The number of rotatable bonds is 5. The molecule has 0 aliphatic rings. The Labute approximate surface area is 132 Å². The summed E-state index contributed by atoms with van der Waals surface area (Å²) in [5, 5.41) is 19.0. The summed E-state index contributed by atoms with van der Waals surface area (Å²) in [7, 11) is 0. The Bertz CT molecular complexity index is 758. The molecule has 6 N–H and O–H groups in total. The first kappa shape index (κ1) is 16.5. The second-order valence-electron chi connectivity index (χ2n) is 4.78. The maximum atomic E-state index is 12.2. The molecule has 0 spiro atoms. The number of ether oxygens (including phenoxy) is 1. The molecule has 0 saturated carbocycles. The van der Waals surface area contributed by atoms with Crippen LogP contribution in [0.2, 0.25) is 0 Å². The molecule has 2 aromatic carbocycles. The van der Waals surface area contributed by atoms with E-state index in [-0.39, 0.29) is 35.7 Å². The zero-order chi connectivity index (χ0) is 17.0. The van der Waals surface area contributed by atoms with Crippen molar-refractivity contribution in [3.05, 3.63) is 58.7 Å². The number of carbonyl (C=O) groups excluding carboxylic acids is 1. The lowest BCUT2D eigenvalue weighted by Gasteiger charge is -2.10. The molecule has 0 unspecified atom stereocenters. The third-order valence-electron chi connectivity index (χ3n) is 3.23. The number of carbonyl (C=O) groups is 2. The molecule has 0 bridgehead atoms. The summed E-state index contributed by atoms with van der Waals surface area (Å²) in [6.45, 7) is 0.347. The summed E-state index contributed by atoms with van der Waals surface area (Å²) >= 11 is 0. The van der Waals surface area contributed by atoms with Crippen LogP contribution in [0.5, 0.6) is 11.5 Å². The lowest BCUT2D eigenvalue weighted by atomic mass is 10.1. The van der Waals surface area contributed by atoms with E-state index in [4.69, 9.17) is 16.2 Å². The molecule has 0 heterocycles. The molecule has 7 heteroatoms. The predicted molar refractivity (Wildman–Crippen MR) is 82.2 cm³/mol. The second-order valence-corrected chi connectivity index (χ2v) is 4.78. The minimum absolute atomic E-state index is 0.0906. The van der Waals surface area contributed by atoms with E-state index in [1.165, 1.54) is 24.3 Å². The summed E-state index contributed by atoms with van der Waals surface area (Å²) in [6.07, 6.45) is 0. The Morgan fingerprint density at radius 2 is 1.52 bits per heavy atom. The van der Waals surface area contributed by atoms with Crippen LogP contribution in [0, 0.1) is 0 Å². The molecule has 0 saturated heterocycles. The van der Waals surface area contributed by atoms with Crippen LogP contribution in [0.4, 0.5) is 0 Å². The highest BCUT2D eigenvalue weighted by atomic mass is 16.5. The van der Waals surface area contributed by atoms with Gasteiger partial charge in [-0.05, 0) is 35.4 Å². The normalized spacial score (nSPS) is 10.3. The molecule has 2 aromatic rings. The second kappa shape index (κ2) is 6.91. The van der Waals surface area contributed by atoms with E-state index in [0.717, 1.165) is 0 Å². The fourth-order valence-corrected chi connectivity index (χ4v) is 1.99. The topological polar surface area (TPSA) is 136 Å². The van der Waals surface area contributed by atoms with Crippen molar-refractivity contribution in [1.82, 2.24) is 0 Å². The minimum Gasteiger partial charge on any atom is -0.507 e. The van der Waals surface area contributed by atoms with Crippen LogP contribution in [0.1, 0.15) is 31.8 Å². The van der Waals surface area contributed by atoms with E-state index in [1.807, 2.05) is 0 Å². The molecule has 0 radical (unpaired) electrons. The molecule has 0 amide bonds. The third kappa shape index (κ3) is 3.65. The summed E-state index contributed by atoms with van der Waals surface area (Å²) in [5.74, 6) is -2.52. The number of aromatic carboxylic acids is 1. The van der Waals surface area contributed by atoms with Crippen LogP contribution in [0.15, 0.2) is 36.4 Å².